The molecule has 0 aromatic rings. The van der Waals surface area contributed by atoms with E-state index in [0.717, 1.165) is 19.6 Å². The molecule has 1 N–H and O–H groups in total. The highest BCUT2D eigenvalue weighted by molar-refractivity contribution is 6.18. The van der Waals surface area contributed by atoms with Gasteiger partial charge in [0.25, 0.3) is 0 Å². The van der Waals surface area contributed by atoms with Crippen LogP contribution >= 0.6 is 11.6 Å². The van der Waals surface area contributed by atoms with Crippen molar-refractivity contribution in [2.24, 2.45) is 11.3 Å². The number of hydrogen-bond acceptors (Lipinski definition) is 2. The molecule has 0 amide bonds. The van der Waals surface area contributed by atoms with Crippen molar-refractivity contribution < 1.29 is 5.11 Å². The van der Waals surface area contributed by atoms with E-state index in [1.165, 1.54) is 0 Å². The lowest BCUT2D eigenvalue weighted by Gasteiger charge is -2.22. The number of nitrogens with zero attached hydrogens (tertiary/aromatic N) is 1. The molecule has 1 saturated heterocycles. The maximum atomic E-state index is 9.74. The van der Waals surface area contributed by atoms with E-state index in [1.807, 2.05) is 0 Å². The van der Waals surface area contributed by atoms with Gasteiger partial charge in [-0.3, -0.25) is 4.90 Å². The van der Waals surface area contributed by atoms with Crippen LogP contribution in [-0.2, 0) is 0 Å². The first-order valence-corrected chi connectivity index (χ1v) is 5.45. The highest BCUT2D eigenvalue weighted by Crippen LogP contribution is 2.29. The molecule has 1 fully saturated rings. The van der Waals surface area contributed by atoms with Crippen LogP contribution in [-0.4, -0.2) is 41.6 Å². The smallest absolute Gasteiger partial charge is 0.0730 e. The molecule has 0 aliphatic carbocycles. The Morgan fingerprint density at radius 3 is 2.62 bits per heavy atom. The first-order chi connectivity index (χ1) is 5.95. The maximum absolute atomic E-state index is 9.74. The lowest BCUT2D eigenvalue weighted by atomic mass is 9.90. The van der Waals surface area contributed by atoms with Gasteiger partial charge in [0.15, 0.2) is 0 Å². The molecule has 0 spiro atoms. The summed E-state index contributed by atoms with van der Waals surface area (Å²) in [5, 5.41) is 9.74. The van der Waals surface area contributed by atoms with Crippen molar-refractivity contribution >= 4 is 11.6 Å². The third kappa shape index (κ3) is 2.83. The minimum atomic E-state index is -0.185. The molecule has 0 saturated carbocycles. The van der Waals surface area contributed by atoms with Gasteiger partial charge in [-0.25, -0.2) is 0 Å². The fraction of sp³-hybridized carbons (Fsp3) is 1.00. The van der Waals surface area contributed by atoms with Gasteiger partial charge in [0.1, 0.15) is 0 Å². The Balaban J connectivity index is 2.40. The first-order valence-electron chi connectivity index (χ1n) is 4.92. The lowest BCUT2D eigenvalue weighted by Crippen LogP contribution is -2.28. The summed E-state index contributed by atoms with van der Waals surface area (Å²) in [6.45, 7) is 9.16. The van der Waals surface area contributed by atoms with Gasteiger partial charge < -0.3 is 5.11 Å². The minimum Gasteiger partial charge on any atom is -0.391 e. The molecule has 0 aromatic carbocycles. The van der Waals surface area contributed by atoms with E-state index in [-0.39, 0.29) is 11.5 Å². The van der Waals surface area contributed by atoms with Crippen molar-refractivity contribution in [2.75, 3.05) is 25.5 Å². The molecule has 3 heteroatoms. The maximum Gasteiger partial charge on any atom is 0.0730 e. The van der Waals surface area contributed by atoms with Gasteiger partial charge in [-0.2, -0.15) is 0 Å². The summed E-state index contributed by atoms with van der Waals surface area (Å²) in [5.74, 6) is 1.22. The Morgan fingerprint density at radius 1 is 1.62 bits per heavy atom. The van der Waals surface area contributed by atoms with Crippen LogP contribution in [0.4, 0.5) is 0 Å². The van der Waals surface area contributed by atoms with Gasteiger partial charge in [0, 0.05) is 30.9 Å². The van der Waals surface area contributed by atoms with Gasteiger partial charge in [0.2, 0.25) is 0 Å². The predicted octanol–water partition coefficient (Wildman–Crippen LogP) is 1.56. The van der Waals surface area contributed by atoms with Crippen LogP contribution in [0.1, 0.15) is 20.8 Å². The molecule has 0 bridgehead atoms. The Morgan fingerprint density at radius 2 is 2.23 bits per heavy atom. The molecule has 2 atom stereocenters. The molecular formula is C10H20ClNO. The number of alkyl halides is 1. The van der Waals surface area contributed by atoms with Crippen LogP contribution in [0.2, 0.25) is 0 Å². The van der Waals surface area contributed by atoms with Crippen LogP contribution < -0.4 is 0 Å². The Labute approximate surface area is 85.9 Å². The number of aliphatic hydroxyl groups is 1. The molecule has 0 radical (unpaired) electrons. The minimum absolute atomic E-state index is 0.0477. The highest BCUT2D eigenvalue weighted by atomic mass is 35.5. The predicted molar refractivity (Wildman–Crippen MR) is 56.1 cm³/mol. The summed E-state index contributed by atoms with van der Waals surface area (Å²) >= 11 is 5.75. The van der Waals surface area contributed by atoms with Gasteiger partial charge in [-0.05, 0) is 5.92 Å². The monoisotopic (exact) mass is 205 g/mol. The third-order valence-electron chi connectivity index (χ3n) is 2.80. The Kier molecular flexibility index (Phi) is 3.61. The molecule has 78 valence electrons. The van der Waals surface area contributed by atoms with E-state index in [1.54, 1.807) is 0 Å². The molecule has 1 rings (SSSR count). The summed E-state index contributed by atoms with van der Waals surface area (Å²) in [7, 11) is 0. The van der Waals surface area contributed by atoms with Crippen molar-refractivity contribution in [1.29, 1.82) is 0 Å². The van der Waals surface area contributed by atoms with Crippen molar-refractivity contribution in [3.63, 3.8) is 0 Å². The molecular weight excluding hydrogens is 186 g/mol. The summed E-state index contributed by atoms with van der Waals surface area (Å²) in [6.07, 6.45) is -0.185. The topological polar surface area (TPSA) is 23.5 Å². The zero-order chi connectivity index (χ0) is 10.1. The molecule has 1 heterocycles. The quantitative estimate of drug-likeness (QED) is 0.708. The van der Waals surface area contributed by atoms with Crippen molar-refractivity contribution in [3.8, 4) is 0 Å². The second-order valence-electron chi connectivity index (χ2n) is 4.96. The Bertz CT molecular complexity index is 172. The van der Waals surface area contributed by atoms with Gasteiger partial charge >= 0.3 is 0 Å². The number of hydrogen-bond donors (Lipinski definition) is 1. The fourth-order valence-electron chi connectivity index (χ4n) is 1.87. The van der Waals surface area contributed by atoms with E-state index in [0.29, 0.717) is 11.8 Å². The van der Waals surface area contributed by atoms with E-state index in [9.17, 15) is 5.11 Å². The number of likely N-dealkylation sites (tertiary alicyclic amines) is 1. The first kappa shape index (κ1) is 11.3. The molecule has 13 heavy (non-hydrogen) atoms. The number of halogens is 1. The number of rotatable bonds is 3. The van der Waals surface area contributed by atoms with Crippen molar-refractivity contribution in [3.05, 3.63) is 0 Å². The van der Waals surface area contributed by atoms with Gasteiger partial charge in [-0.15, -0.1) is 11.6 Å². The zero-order valence-corrected chi connectivity index (χ0v) is 9.51. The van der Waals surface area contributed by atoms with Crippen LogP contribution in [0.25, 0.3) is 0 Å². The SMILES string of the molecule is CC(CCl)CN1CC(O)C(C)(C)C1. The second kappa shape index (κ2) is 4.16. The Hall–Kier alpha value is 0.210. The molecule has 0 aromatic heterocycles. The average Bonchev–Trinajstić information content (AvgIpc) is 2.25. The zero-order valence-electron chi connectivity index (χ0n) is 8.76. The standard InChI is InChI=1S/C10H20ClNO/c1-8(4-11)5-12-6-9(13)10(2,3)7-12/h8-9,13H,4-7H2,1-3H3. The number of aliphatic hydroxyl groups excluding tert-OH is 1. The summed E-state index contributed by atoms with van der Waals surface area (Å²) in [5.41, 5.74) is 0.0477. The van der Waals surface area contributed by atoms with Gasteiger partial charge in [-0.1, -0.05) is 20.8 Å². The average molecular weight is 206 g/mol. The summed E-state index contributed by atoms with van der Waals surface area (Å²) in [4.78, 5) is 2.30. The molecule has 1 aliphatic rings. The number of β-amino-alcohol motifs (C(OH)–C–C–N with tert-alkyl or cyclic N) is 1. The van der Waals surface area contributed by atoms with Gasteiger partial charge in [0.05, 0.1) is 6.10 Å². The molecule has 2 unspecified atom stereocenters. The van der Waals surface area contributed by atoms with Crippen LogP contribution in [0.5, 0.6) is 0 Å². The summed E-state index contributed by atoms with van der Waals surface area (Å²) < 4.78 is 0. The highest BCUT2D eigenvalue weighted by Gasteiger charge is 2.37. The van der Waals surface area contributed by atoms with Crippen LogP contribution in [0, 0.1) is 11.3 Å². The van der Waals surface area contributed by atoms with Crippen molar-refractivity contribution in [1.82, 2.24) is 4.90 Å². The van der Waals surface area contributed by atoms with E-state index in [2.05, 4.69) is 25.7 Å². The normalized spacial score (nSPS) is 30.7. The van der Waals surface area contributed by atoms with Crippen molar-refractivity contribution in [2.45, 2.75) is 26.9 Å². The van der Waals surface area contributed by atoms with E-state index < -0.39 is 0 Å². The molecule has 1 aliphatic heterocycles. The lowest BCUT2D eigenvalue weighted by molar-refractivity contribution is 0.0954. The van der Waals surface area contributed by atoms with Crippen LogP contribution in [0.3, 0.4) is 0 Å². The molecule has 2 nitrogen and oxygen atoms in total. The van der Waals surface area contributed by atoms with E-state index in [4.69, 9.17) is 11.6 Å². The third-order valence-corrected chi connectivity index (χ3v) is 3.32. The van der Waals surface area contributed by atoms with E-state index >= 15 is 0 Å². The summed E-state index contributed by atoms with van der Waals surface area (Å²) in [6, 6.07) is 0. The largest absolute Gasteiger partial charge is 0.391 e. The second-order valence-corrected chi connectivity index (χ2v) is 5.27. The van der Waals surface area contributed by atoms with Crippen LogP contribution in [0.15, 0.2) is 0 Å². The fourth-order valence-corrected chi connectivity index (χ4v) is 1.96.